The topological polar surface area (TPSA) is 83.8 Å². The van der Waals surface area contributed by atoms with E-state index in [9.17, 15) is 9.18 Å². The molecule has 94 valence electrons. The van der Waals surface area contributed by atoms with Gasteiger partial charge in [-0.1, -0.05) is 0 Å². The zero-order valence-electron chi connectivity index (χ0n) is 9.66. The van der Waals surface area contributed by atoms with Crippen molar-refractivity contribution in [3.63, 3.8) is 0 Å². The van der Waals surface area contributed by atoms with Gasteiger partial charge in [0.15, 0.2) is 0 Å². The maximum atomic E-state index is 13.0. The quantitative estimate of drug-likeness (QED) is 0.751. The van der Waals surface area contributed by atoms with Gasteiger partial charge in [-0.3, -0.25) is 4.79 Å². The van der Waals surface area contributed by atoms with Gasteiger partial charge < -0.3 is 16.0 Å². The van der Waals surface area contributed by atoms with Crippen molar-refractivity contribution in [3.05, 3.63) is 29.8 Å². The number of imidazole rings is 1. The van der Waals surface area contributed by atoms with Crippen molar-refractivity contribution < 1.29 is 9.18 Å². The molecule has 0 radical (unpaired) electrons. The van der Waals surface area contributed by atoms with Crippen LogP contribution in [-0.2, 0) is 11.3 Å². The number of carbonyl (C=O) groups is 1. The summed E-state index contributed by atoms with van der Waals surface area (Å²) in [5, 5.41) is 2.73. The number of aromatic nitrogens is 2. The molecule has 0 bridgehead atoms. The molecule has 1 aromatic heterocycles. The van der Waals surface area contributed by atoms with Gasteiger partial charge in [0.25, 0.3) is 0 Å². The number of hydrogen-bond donors (Lipinski definition) is 3. The molecule has 3 rings (SSSR count). The molecule has 1 amide bonds. The highest BCUT2D eigenvalue weighted by molar-refractivity contribution is 5.88. The molecule has 18 heavy (non-hydrogen) atoms. The molecule has 6 heteroatoms. The lowest BCUT2D eigenvalue weighted by atomic mass is 10.3. The first kappa shape index (κ1) is 11.2. The van der Waals surface area contributed by atoms with Crippen LogP contribution in [0.5, 0.6) is 0 Å². The van der Waals surface area contributed by atoms with E-state index in [-0.39, 0.29) is 18.3 Å². The summed E-state index contributed by atoms with van der Waals surface area (Å²) < 4.78 is 13.0. The highest BCUT2D eigenvalue weighted by Crippen LogP contribution is 2.32. The van der Waals surface area contributed by atoms with Crippen LogP contribution in [0.4, 0.5) is 4.39 Å². The number of nitrogens with two attached hydrogens (primary N) is 1. The van der Waals surface area contributed by atoms with E-state index in [2.05, 4.69) is 15.3 Å². The lowest BCUT2D eigenvalue weighted by molar-refractivity contribution is -0.123. The Morgan fingerprint density at radius 2 is 2.33 bits per heavy atom. The number of nitrogens with one attached hydrogen (secondary N) is 2. The van der Waals surface area contributed by atoms with Crippen LogP contribution in [0.1, 0.15) is 18.7 Å². The second kappa shape index (κ2) is 3.78. The number of aromatic amines is 1. The van der Waals surface area contributed by atoms with E-state index < -0.39 is 5.54 Å². The van der Waals surface area contributed by atoms with Gasteiger partial charge in [0.05, 0.1) is 23.1 Å². The maximum absolute atomic E-state index is 13.0. The summed E-state index contributed by atoms with van der Waals surface area (Å²) in [6.07, 6.45) is 1.45. The average molecular weight is 248 g/mol. The van der Waals surface area contributed by atoms with Crippen molar-refractivity contribution in [2.24, 2.45) is 5.73 Å². The molecule has 1 aliphatic carbocycles. The molecule has 1 saturated carbocycles. The number of amides is 1. The summed E-state index contributed by atoms with van der Waals surface area (Å²) in [6, 6.07) is 4.32. The molecule has 0 saturated heterocycles. The molecule has 1 aromatic carbocycles. The Balaban J connectivity index is 1.73. The summed E-state index contributed by atoms with van der Waals surface area (Å²) in [7, 11) is 0. The lowest BCUT2D eigenvalue weighted by Gasteiger charge is -2.08. The molecule has 0 spiro atoms. The van der Waals surface area contributed by atoms with Crippen LogP contribution in [0, 0.1) is 5.82 Å². The van der Waals surface area contributed by atoms with Crippen molar-refractivity contribution in [2.75, 3.05) is 0 Å². The number of benzene rings is 1. The highest BCUT2D eigenvalue weighted by Gasteiger charge is 2.45. The first-order valence-electron chi connectivity index (χ1n) is 5.78. The van der Waals surface area contributed by atoms with Crippen LogP contribution in [0.25, 0.3) is 11.0 Å². The molecule has 0 unspecified atom stereocenters. The smallest absolute Gasteiger partial charge is 0.240 e. The minimum atomic E-state index is -0.682. The summed E-state index contributed by atoms with van der Waals surface area (Å²) in [5.74, 6) is 0.114. The fourth-order valence-corrected chi connectivity index (χ4v) is 1.82. The van der Waals surface area contributed by atoms with E-state index in [1.54, 1.807) is 6.07 Å². The van der Waals surface area contributed by atoms with Crippen LogP contribution < -0.4 is 11.1 Å². The summed E-state index contributed by atoms with van der Waals surface area (Å²) >= 11 is 0. The normalized spacial score (nSPS) is 16.8. The highest BCUT2D eigenvalue weighted by atomic mass is 19.1. The van der Waals surface area contributed by atoms with Gasteiger partial charge in [-0.2, -0.15) is 0 Å². The van der Waals surface area contributed by atoms with E-state index in [4.69, 9.17) is 5.73 Å². The van der Waals surface area contributed by atoms with Crippen LogP contribution >= 0.6 is 0 Å². The first-order valence-corrected chi connectivity index (χ1v) is 5.78. The predicted octanol–water partition coefficient (Wildman–Crippen LogP) is 0.809. The molecule has 1 fully saturated rings. The molecule has 0 atom stereocenters. The third kappa shape index (κ3) is 1.95. The van der Waals surface area contributed by atoms with Gasteiger partial charge in [-0.15, -0.1) is 0 Å². The number of hydrogen-bond acceptors (Lipinski definition) is 3. The minimum Gasteiger partial charge on any atom is -0.347 e. The number of carbonyl (C=O) groups excluding carboxylic acids is 1. The summed E-state index contributed by atoms with van der Waals surface area (Å²) in [6.45, 7) is 0.272. The maximum Gasteiger partial charge on any atom is 0.240 e. The molecule has 2 aromatic rings. The number of nitrogens with zero attached hydrogens (tertiary/aromatic N) is 1. The Morgan fingerprint density at radius 3 is 3.06 bits per heavy atom. The first-order chi connectivity index (χ1) is 8.57. The Bertz CT molecular complexity index is 618. The molecular weight excluding hydrogens is 235 g/mol. The van der Waals surface area contributed by atoms with Gasteiger partial charge >= 0.3 is 0 Å². The van der Waals surface area contributed by atoms with Gasteiger partial charge in [-0.05, 0) is 31.0 Å². The Morgan fingerprint density at radius 1 is 1.56 bits per heavy atom. The summed E-state index contributed by atoms with van der Waals surface area (Å²) in [4.78, 5) is 18.8. The number of H-pyrrole nitrogens is 1. The Labute approximate surface area is 103 Å². The van der Waals surface area contributed by atoms with Gasteiger partial charge in [0, 0.05) is 0 Å². The van der Waals surface area contributed by atoms with E-state index in [1.165, 1.54) is 12.1 Å². The van der Waals surface area contributed by atoms with Crippen molar-refractivity contribution in [3.8, 4) is 0 Å². The zero-order valence-corrected chi connectivity index (χ0v) is 9.66. The van der Waals surface area contributed by atoms with Crippen LogP contribution in [0.15, 0.2) is 18.2 Å². The van der Waals surface area contributed by atoms with Crippen LogP contribution in [0.2, 0.25) is 0 Å². The van der Waals surface area contributed by atoms with Gasteiger partial charge in [0.2, 0.25) is 5.91 Å². The molecular formula is C12H13FN4O. The van der Waals surface area contributed by atoms with E-state index in [1.807, 2.05) is 0 Å². The average Bonchev–Trinajstić information content (AvgIpc) is 2.96. The number of halogens is 1. The van der Waals surface area contributed by atoms with Crippen molar-refractivity contribution in [1.29, 1.82) is 0 Å². The molecule has 0 aliphatic heterocycles. The number of fused-ring (bicyclic) bond motifs is 1. The Kier molecular flexibility index (Phi) is 2.34. The zero-order chi connectivity index (χ0) is 12.8. The molecule has 1 heterocycles. The van der Waals surface area contributed by atoms with E-state index in [0.29, 0.717) is 16.9 Å². The predicted molar refractivity (Wildman–Crippen MR) is 64.1 cm³/mol. The SMILES string of the molecule is NC1(C(=O)NCc2nc3ccc(F)cc3[nH]2)CC1. The Hall–Kier alpha value is -1.95. The molecule has 5 nitrogen and oxygen atoms in total. The van der Waals surface area contributed by atoms with E-state index in [0.717, 1.165) is 12.8 Å². The second-order valence-corrected chi connectivity index (χ2v) is 4.68. The fraction of sp³-hybridized carbons (Fsp3) is 0.333. The van der Waals surface area contributed by atoms with Gasteiger partial charge in [0.1, 0.15) is 11.6 Å². The van der Waals surface area contributed by atoms with Crippen molar-refractivity contribution in [1.82, 2.24) is 15.3 Å². The fourth-order valence-electron chi connectivity index (χ4n) is 1.82. The monoisotopic (exact) mass is 248 g/mol. The van der Waals surface area contributed by atoms with Crippen molar-refractivity contribution in [2.45, 2.75) is 24.9 Å². The van der Waals surface area contributed by atoms with Crippen LogP contribution in [-0.4, -0.2) is 21.4 Å². The second-order valence-electron chi connectivity index (χ2n) is 4.68. The number of rotatable bonds is 3. The summed E-state index contributed by atoms with van der Waals surface area (Å²) in [5.41, 5.74) is 6.37. The lowest BCUT2D eigenvalue weighted by Crippen LogP contribution is -2.42. The third-order valence-electron chi connectivity index (χ3n) is 3.15. The largest absolute Gasteiger partial charge is 0.347 e. The van der Waals surface area contributed by atoms with Crippen molar-refractivity contribution >= 4 is 16.9 Å². The van der Waals surface area contributed by atoms with Gasteiger partial charge in [-0.25, -0.2) is 9.37 Å². The van der Waals surface area contributed by atoms with E-state index >= 15 is 0 Å². The molecule has 4 N–H and O–H groups in total. The standard InChI is InChI=1S/C12H13FN4O/c13-7-1-2-8-9(5-7)17-10(16-8)6-15-11(18)12(14)3-4-12/h1-2,5H,3-4,6,14H2,(H,15,18)(H,16,17). The molecule has 1 aliphatic rings. The third-order valence-corrected chi connectivity index (χ3v) is 3.15. The minimum absolute atomic E-state index is 0.158. The van der Waals surface area contributed by atoms with Crippen LogP contribution in [0.3, 0.4) is 0 Å².